The SMILES string of the molecule is c1ccc2c(CNCCOCc3ccncc3)c3ccccc3cc2c1. The van der Waals surface area contributed by atoms with Crippen LogP contribution in [0.1, 0.15) is 11.1 Å². The number of rotatable bonds is 7. The summed E-state index contributed by atoms with van der Waals surface area (Å²) in [4.78, 5) is 4.02. The molecule has 4 aromatic rings. The minimum atomic E-state index is 0.626. The lowest BCUT2D eigenvalue weighted by Gasteiger charge is -2.13. The summed E-state index contributed by atoms with van der Waals surface area (Å²) in [6.45, 7) is 2.97. The standard InChI is InChI=1S/C23H22N2O/c1-3-7-21-19(5-1)15-20-6-2-4-8-22(20)23(21)16-25-13-14-26-17-18-9-11-24-12-10-18/h1-12,15,25H,13-14,16-17H2. The van der Waals surface area contributed by atoms with E-state index in [4.69, 9.17) is 4.74 Å². The molecule has 0 spiro atoms. The largest absolute Gasteiger partial charge is 0.375 e. The fourth-order valence-electron chi connectivity index (χ4n) is 3.33. The number of benzene rings is 3. The first-order chi connectivity index (χ1) is 12.9. The van der Waals surface area contributed by atoms with Crippen LogP contribution in [0.2, 0.25) is 0 Å². The van der Waals surface area contributed by atoms with E-state index in [1.54, 1.807) is 12.4 Å². The number of nitrogens with one attached hydrogen (secondary N) is 1. The molecule has 3 nitrogen and oxygen atoms in total. The van der Waals surface area contributed by atoms with Crippen LogP contribution in [0.5, 0.6) is 0 Å². The molecule has 1 N–H and O–H groups in total. The van der Waals surface area contributed by atoms with Gasteiger partial charge in [0.05, 0.1) is 13.2 Å². The first-order valence-corrected chi connectivity index (χ1v) is 8.98. The Labute approximate surface area is 153 Å². The molecule has 1 aromatic heterocycles. The van der Waals surface area contributed by atoms with Gasteiger partial charge in [0.1, 0.15) is 0 Å². The van der Waals surface area contributed by atoms with Gasteiger partial charge in [0.15, 0.2) is 0 Å². The monoisotopic (exact) mass is 342 g/mol. The highest BCUT2D eigenvalue weighted by Gasteiger charge is 2.06. The van der Waals surface area contributed by atoms with Gasteiger partial charge in [0.2, 0.25) is 0 Å². The second-order valence-corrected chi connectivity index (χ2v) is 6.38. The minimum Gasteiger partial charge on any atom is -0.375 e. The molecule has 1 heterocycles. The topological polar surface area (TPSA) is 34.1 Å². The van der Waals surface area contributed by atoms with E-state index in [9.17, 15) is 0 Å². The molecule has 0 aliphatic rings. The van der Waals surface area contributed by atoms with Crippen LogP contribution in [-0.2, 0) is 17.9 Å². The van der Waals surface area contributed by atoms with Gasteiger partial charge in [-0.2, -0.15) is 0 Å². The van der Waals surface area contributed by atoms with Crippen molar-refractivity contribution in [2.24, 2.45) is 0 Å². The Hall–Kier alpha value is -2.75. The van der Waals surface area contributed by atoms with E-state index >= 15 is 0 Å². The van der Waals surface area contributed by atoms with Gasteiger partial charge in [0.25, 0.3) is 0 Å². The van der Waals surface area contributed by atoms with Crippen molar-refractivity contribution in [2.75, 3.05) is 13.2 Å². The van der Waals surface area contributed by atoms with Crippen molar-refractivity contribution in [3.63, 3.8) is 0 Å². The van der Waals surface area contributed by atoms with Crippen molar-refractivity contribution in [1.82, 2.24) is 10.3 Å². The van der Waals surface area contributed by atoms with Crippen molar-refractivity contribution in [3.8, 4) is 0 Å². The summed E-state index contributed by atoms with van der Waals surface area (Å²) < 4.78 is 5.74. The molecule has 0 aliphatic carbocycles. The number of ether oxygens (including phenoxy) is 1. The normalized spacial score (nSPS) is 11.2. The van der Waals surface area contributed by atoms with Crippen LogP contribution < -0.4 is 5.32 Å². The van der Waals surface area contributed by atoms with Gasteiger partial charge in [-0.15, -0.1) is 0 Å². The van der Waals surface area contributed by atoms with Crippen molar-refractivity contribution >= 4 is 21.5 Å². The van der Waals surface area contributed by atoms with Gasteiger partial charge in [-0.25, -0.2) is 0 Å². The molecule has 4 rings (SSSR count). The van der Waals surface area contributed by atoms with Crippen LogP contribution in [0.15, 0.2) is 79.1 Å². The second-order valence-electron chi connectivity index (χ2n) is 6.38. The molecule has 0 saturated heterocycles. The molecule has 26 heavy (non-hydrogen) atoms. The molecule has 3 heteroatoms. The molecule has 0 bridgehead atoms. The smallest absolute Gasteiger partial charge is 0.0718 e. The van der Waals surface area contributed by atoms with E-state index < -0.39 is 0 Å². The second kappa shape index (κ2) is 8.09. The number of aromatic nitrogens is 1. The first kappa shape index (κ1) is 16.7. The van der Waals surface area contributed by atoms with Crippen LogP contribution in [0.3, 0.4) is 0 Å². The van der Waals surface area contributed by atoms with Gasteiger partial charge < -0.3 is 10.1 Å². The van der Waals surface area contributed by atoms with Gasteiger partial charge >= 0.3 is 0 Å². The zero-order valence-electron chi connectivity index (χ0n) is 14.7. The molecule has 3 aromatic carbocycles. The Balaban J connectivity index is 1.41. The average molecular weight is 342 g/mol. The Kier molecular flexibility index (Phi) is 5.19. The number of hydrogen-bond donors (Lipinski definition) is 1. The lowest BCUT2D eigenvalue weighted by molar-refractivity contribution is 0.122. The average Bonchev–Trinajstić information content (AvgIpc) is 2.70. The Morgan fingerprint density at radius 2 is 1.46 bits per heavy atom. The summed E-state index contributed by atoms with van der Waals surface area (Å²) >= 11 is 0. The maximum Gasteiger partial charge on any atom is 0.0718 e. The van der Waals surface area contributed by atoms with E-state index in [-0.39, 0.29) is 0 Å². The summed E-state index contributed by atoms with van der Waals surface area (Å²) in [6, 6.07) is 23.4. The third kappa shape index (κ3) is 3.74. The molecule has 0 atom stereocenters. The molecular formula is C23H22N2O. The summed E-state index contributed by atoms with van der Waals surface area (Å²) in [5.74, 6) is 0. The summed E-state index contributed by atoms with van der Waals surface area (Å²) in [5.41, 5.74) is 2.51. The zero-order valence-corrected chi connectivity index (χ0v) is 14.7. The fourth-order valence-corrected chi connectivity index (χ4v) is 3.33. The summed E-state index contributed by atoms with van der Waals surface area (Å²) in [5, 5.41) is 8.74. The van der Waals surface area contributed by atoms with E-state index in [1.807, 2.05) is 12.1 Å². The van der Waals surface area contributed by atoms with Crippen LogP contribution in [0.25, 0.3) is 21.5 Å². The fraction of sp³-hybridized carbons (Fsp3) is 0.174. The van der Waals surface area contributed by atoms with E-state index in [2.05, 4.69) is 64.9 Å². The minimum absolute atomic E-state index is 0.626. The highest BCUT2D eigenvalue weighted by molar-refractivity contribution is 6.02. The van der Waals surface area contributed by atoms with Crippen molar-refractivity contribution < 1.29 is 4.74 Å². The molecule has 0 aliphatic heterocycles. The molecule has 0 radical (unpaired) electrons. The highest BCUT2D eigenvalue weighted by Crippen LogP contribution is 2.28. The van der Waals surface area contributed by atoms with Crippen LogP contribution >= 0.6 is 0 Å². The van der Waals surface area contributed by atoms with Gasteiger partial charge in [-0.05, 0) is 50.9 Å². The summed E-state index contributed by atoms with van der Waals surface area (Å²) in [6.07, 6.45) is 3.59. The predicted molar refractivity (Wildman–Crippen MR) is 107 cm³/mol. The van der Waals surface area contributed by atoms with Gasteiger partial charge in [0, 0.05) is 25.5 Å². The molecule has 0 fully saturated rings. The van der Waals surface area contributed by atoms with Gasteiger partial charge in [-0.1, -0.05) is 48.5 Å². The molecule has 0 unspecified atom stereocenters. The summed E-state index contributed by atoms with van der Waals surface area (Å²) in [7, 11) is 0. The Bertz CT molecular complexity index is 945. The van der Waals surface area contributed by atoms with Crippen molar-refractivity contribution in [3.05, 3.63) is 90.3 Å². The maximum atomic E-state index is 5.74. The lowest BCUT2D eigenvalue weighted by atomic mass is 9.97. The lowest BCUT2D eigenvalue weighted by Crippen LogP contribution is -2.19. The number of hydrogen-bond acceptors (Lipinski definition) is 3. The van der Waals surface area contributed by atoms with Crippen molar-refractivity contribution in [2.45, 2.75) is 13.2 Å². The third-order valence-electron chi connectivity index (χ3n) is 4.63. The van der Waals surface area contributed by atoms with Crippen molar-refractivity contribution in [1.29, 1.82) is 0 Å². The quantitative estimate of drug-likeness (QED) is 0.391. The van der Waals surface area contributed by atoms with Crippen LogP contribution in [0, 0.1) is 0 Å². The maximum absolute atomic E-state index is 5.74. The third-order valence-corrected chi connectivity index (χ3v) is 4.63. The van der Waals surface area contributed by atoms with E-state index in [1.165, 1.54) is 27.1 Å². The number of nitrogens with zero attached hydrogens (tertiary/aromatic N) is 1. The molecule has 0 amide bonds. The first-order valence-electron chi connectivity index (χ1n) is 8.98. The highest BCUT2D eigenvalue weighted by atomic mass is 16.5. The Morgan fingerprint density at radius 3 is 2.15 bits per heavy atom. The van der Waals surface area contributed by atoms with E-state index in [0.29, 0.717) is 13.2 Å². The number of pyridine rings is 1. The van der Waals surface area contributed by atoms with Crippen LogP contribution in [0.4, 0.5) is 0 Å². The Morgan fingerprint density at radius 1 is 0.808 bits per heavy atom. The predicted octanol–water partition coefficient (Wildman–Crippen LogP) is 4.69. The van der Waals surface area contributed by atoms with E-state index in [0.717, 1.165) is 18.7 Å². The van der Waals surface area contributed by atoms with Crippen LogP contribution in [-0.4, -0.2) is 18.1 Å². The molecule has 0 saturated carbocycles. The zero-order chi connectivity index (χ0) is 17.6. The molecule has 130 valence electrons. The molecular weight excluding hydrogens is 320 g/mol. The number of fused-ring (bicyclic) bond motifs is 2. The van der Waals surface area contributed by atoms with Gasteiger partial charge in [-0.3, -0.25) is 4.98 Å².